The predicted molar refractivity (Wildman–Crippen MR) is 82.3 cm³/mol. The van der Waals surface area contributed by atoms with Gasteiger partial charge in [0, 0.05) is 6.42 Å². The SMILES string of the molecule is COc1cc(C(O)Cc2c(C)cccc2C)ccc1C. The van der Waals surface area contributed by atoms with Gasteiger partial charge >= 0.3 is 0 Å². The lowest BCUT2D eigenvalue weighted by Crippen LogP contribution is -2.05. The van der Waals surface area contributed by atoms with Gasteiger partial charge in [-0.25, -0.2) is 0 Å². The largest absolute Gasteiger partial charge is 0.496 e. The van der Waals surface area contributed by atoms with Gasteiger partial charge in [0.1, 0.15) is 5.75 Å². The molecule has 20 heavy (non-hydrogen) atoms. The summed E-state index contributed by atoms with van der Waals surface area (Å²) in [5, 5.41) is 10.5. The van der Waals surface area contributed by atoms with Gasteiger partial charge in [-0.1, -0.05) is 30.3 Å². The van der Waals surface area contributed by atoms with Crippen LogP contribution < -0.4 is 4.74 Å². The minimum atomic E-state index is -0.510. The number of aliphatic hydroxyl groups is 1. The lowest BCUT2D eigenvalue weighted by Gasteiger charge is -2.16. The second kappa shape index (κ2) is 6.10. The average molecular weight is 270 g/mol. The van der Waals surface area contributed by atoms with Crippen LogP contribution in [0.25, 0.3) is 0 Å². The number of hydrogen-bond donors (Lipinski definition) is 1. The van der Waals surface area contributed by atoms with Crippen molar-refractivity contribution in [2.75, 3.05) is 7.11 Å². The molecule has 2 heteroatoms. The molecule has 0 aliphatic carbocycles. The van der Waals surface area contributed by atoms with Crippen LogP contribution in [-0.4, -0.2) is 12.2 Å². The van der Waals surface area contributed by atoms with E-state index in [-0.39, 0.29) is 0 Å². The average Bonchev–Trinajstić information content (AvgIpc) is 2.43. The summed E-state index contributed by atoms with van der Waals surface area (Å²) in [4.78, 5) is 0. The van der Waals surface area contributed by atoms with Crippen molar-refractivity contribution >= 4 is 0 Å². The van der Waals surface area contributed by atoms with E-state index in [1.807, 2.05) is 25.1 Å². The Balaban J connectivity index is 2.26. The molecule has 0 saturated carbocycles. The Morgan fingerprint density at radius 3 is 2.25 bits per heavy atom. The molecule has 0 aliphatic heterocycles. The standard InChI is InChI=1S/C18H22O2/c1-12-6-5-7-13(2)16(12)11-17(19)15-9-8-14(3)18(10-15)20-4/h5-10,17,19H,11H2,1-4H3. The molecule has 0 aliphatic rings. The Labute approximate surface area is 121 Å². The highest BCUT2D eigenvalue weighted by atomic mass is 16.5. The van der Waals surface area contributed by atoms with Gasteiger partial charge in [-0.15, -0.1) is 0 Å². The molecule has 0 saturated heterocycles. The van der Waals surface area contributed by atoms with Gasteiger partial charge in [-0.3, -0.25) is 0 Å². The lowest BCUT2D eigenvalue weighted by molar-refractivity contribution is 0.177. The zero-order valence-corrected chi connectivity index (χ0v) is 12.6. The van der Waals surface area contributed by atoms with Gasteiger partial charge in [0.25, 0.3) is 0 Å². The highest BCUT2D eigenvalue weighted by Gasteiger charge is 2.13. The molecule has 0 aromatic heterocycles. The van der Waals surface area contributed by atoms with Crippen molar-refractivity contribution in [3.8, 4) is 5.75 Å². The molecule has 0 heterocycles. The van der Waals surface area contributed by atoms with Crippen LogP contribution >= 0.6 is 0 Å². The van der Waals surface area contributed by atoms with Gasteiger partial charge in [-0.2, -0.15) is 0 Å². The van der Waals surface area contributed by atoms with Crippen LogP contribution in [0.4, 0.5) is 0 Å². The first-order chi connectivity index (χ1) is 9.52. The van der Waals surface area contributed by atoms with Crippen molar-refractivity contribution in [2.24, 2.45) is 0 Å². The Bertz CT molecular complexity index is 582. The van der Waals surface area contributed by atoms with Crippen molar-refractivity contribution in [3.05, 3.63) is 64.2 Å². The third kappa shape index (κ3) is 3.02. The number of ether oxygens (including phenoxy) is 1. The zero-order valence-electron chi connectivity index (χ0n) is 12.6. The van der Waals surface area contributed by atoms with Crippen molar-refractivity contribution in [1.29, 1.82) is 0 Å². The van der Waals surface area contributed by atoms with E-state index in [1.165, 1.54) is 16.7 Å². The molecular formula is C18H22O2. The second-order valence-electron chi connectivity index (χ2n) is 5.32. The molecular weight excluding hydrogens is 248 g/mol. The minimum absolute atomic E-state index is 0.510. The summed E-state index contributed by atoms with van der Waals surface area (Å²) >= 11 is 0. The molecule has 1 unspecified atom stereocenters. The van der Waals surface area contributed by atoms with Crippen LogP contribution in [0.5, 0.6) is 5.75 Å². The van der Waals surface area contributed by atoms with Crippen LogP contribution in [0.1, 0.15) is 33.9 Å². The number of aliphatic hydroxyl groups excluding tert-OH is 1. The first kappa shape index (κ1) is 14.6. The lowest BCUT2D eigenvalue weighted by atomic mass is 9.94. The third-order valence-electron chi connectivity index (χ3n) is 3.86. The Hall–Kier alpha value is -1.80. The van der Waals surface area contributed by atoms with E-state index in [9.17, 15) is 5.11 Å². The summed E-state index contributed by atoms with van der Waals surface area (Å²) in [6.07, 6.45) is 0.120. The van der Waals surface area contributed by atoms with Crippen molar-refractivity contribution in [3.63, 3.8) is 0 Å². The normalized spacial score (nSPS) is 12.2. The minimum Gasteiger partial charge on any atom is -0.496 e. The number of methoxy groups -OCH3 is 1. The maximum absolute atomic E-state index is 10.5. The highest BCUT2D eigenvalue weighted by Crippen LogP contribution is 2.27. The van der Waals surface area contributed by atoms with Gasteiger partial charge in [-0.05, 0) is 54.7 Å². The summed E-state index contributed by atoms with van der Waals surface area (Å²) < 4.78 is 5.32. The fourth-order valence-corrected chi connectivity index (χ4v) is 2.53. The maximum Gasteiger partial charge on any atom is 0.122 e. The number of benzene rings is 2. The third-order valence-corrected chi connectivity index (χ3v) is 3.86. The maximum atomic E-state index is 10.5. The Morgan fingerprint density at radius 2 is 1.65 bits per heavy atom. The summed E-state index contributed by atoms with van der Waals surface area (Å²) in [5.41, 5.74) is 5.65. The molecule has 0 radical (unpaired) electrons. The molecule has 2 nitrogen and oxygen atoms in total. The van der Waals surface area contributed by atoms with E-state index in [1.54, 1.807) is 7.11 Å². The smallest absolute Gasteiger partial charge is 0.122 e. The van der Waals surface area contributed by atoms with E-state index < -0.39 is 6.10 Å². The predicted octanol–water partition coefficient (Wildman–Crippen LogP) is 3.90. The Morgan fingerprint density at radius 1 is 1.00 bits per heavy atom. The molecule has 0 spiro atoms. The number of hydrogen-bond acceptors (Lipinski definition) is 2. The van der Waals surface area contributed by atoms with Crippen molar-refractivity contribution in [1.82, 2.24) is 0 Å². The first-order valence-corrected chi connectivity index (χ1v) is 6.90. The second-order valence-corrected chi connectivity index (χ2v) is 5.32. The summed E-state index contributed by atoms with van der Waals surface area (Å²) in [6, 6.07) is 12.1. The van der Waals surface area contributed by atoms with Crippen LogP contribution in [0.3, 0.4) is 0 Å². The fraction of sp³-hybridized carbons (Fsp3) is 0.333. The van der Waals surface area contributed by atoms with Crippen LogP contribution in [-0.2, 0) is 6.42 Å². The molecule has 0 bridgehead atoms. The van der Waals surface area contributed by atoms with Crippen molar-refractivity contribution in [2.45, 2.75) is 33.3 Å². The van der Waals surface area contributed by atoms with E-state index in [0.29, 0.717) is 6.42 Å². The molecule has 0 amide bonds. The molecule has 0 fully saturated rings. The first-order valence-electron chi connectivity index (χ1n) is 6.90. The topological polar surface area (TPSA) is 29.5 Å². The van der Waals surface area contributed by atoms with E-state index >= 15 is 0 Å². The van der Waals surface area contributed by atoms with Crippen LogP contribution in [0, 0.1) is 20.8 Å². The monoisotopic (exact) mass is 270 g/mol. The van der Waals surface area contributed by atoms with Gasteiger partial charge in [0.15, 0.2) is 0 Å². The van der Waals surface area contributed by atoms with Gasteiger partial charge < -0.3 is 9.84 Å². The van der Waals surface area contributed by atoms with Crippen molar-refractivity contribution < 1.29 is 9.84 Å². The molecule has 2 rings (SSSR count). The van der Waals surface area contributed by atoms with Crippen LogP contribution in [0.15, 0.2) is 36.4 Å². The number of rotatable bonds is 4. The van der Waals surface area contributed by atoms with Gasteiger partial charge in [0.2, 0.25) is 0 Å². The zero-order chi connectivity index (χ0) is 14.7. The number of aryl methyl sites for hydroxylation is 3. The highest BCUT2D eigenvalue weighted by molar-refractivity contribution is 5.39. The molecule has 1 N–H and O–H groups in total. The van der Waals surface area contributed by atoms with Gasteiger partial charge in [0.05, 0.1) is 13.2 Å². The Kier molecular flexibility index (Phi) is 4.46. The summed E-state index contributed by atoms with van der Waals surface area (Å²) in [7, 11) is 1.66. The molecule has 1 atom stereocenters. The molecule has 2 aromatic rings. The van der Waals surface area contributed by atoms with E-state index in [2.05, 4.69) is 32.0 Å². The summed E-state index contributed by atoms with van der Waals surface area (Å²) in [5.74, 6) is 0.822. The fourth-order valence-electron chi connectivity index (χ4n) is 2.53. The van der Waals surface area contributed by atoms with E-state index in [4.69, 9.17) is 4.74 Å². The van der Waals surface area contributed by atoms with Crippen LogP contribution in [0.2, 0.25) is 0 Å². The quantitative estimate of drug-likeness (QED) is 0.913. The molecule has 2 aromatic carbocycles. The molecule has 106 valence electrons. The summed E-state index contributed by atoms with van der Waals surface area (Å²) in [6.45, 7) is 6.18. The van der Waals surface area contributed by atoms with E-state index in [0.717, 1.165) is 16.9 Å².